The summed E-state index contributed by atoms with van der Waals surface area (Å²) in [6.07, 6.45) is 2.06. The van der Waals surface area contributed by atoms with Gasteiger partial charge in [0.1, 0.15) is 5.82 Å². The molecule has 0 atom stereocenters. The van der Waals surface area contributed by atoms with Crippen molar-refractivity contribution in [2.75, 3.05) is 4.90 Å². The molecule has 1 aliphatic rings. The molecule has 0 unspecified atom stereocenters. The van der Waals surface area contributed by atoms with Crippen LogP contribution >= 0.6 is 0 Å². The quantitative estimate of drug-likeness (QED) is 0.689. The van der Waals surface area contributed by atoms with E-state index in [0.717, 1.165) is 28.2 Å². The van der Waals surface area contributed by atoms with E-state index in [1.807, 2.05) is 61.5 Å². The van der Waals surface area contributed by atoms with Crippen molar-refractivity contribution >= 4 is 17.3 Å². The third-order valence-electron chi connectivity index (χ3n) is 3.99. The monoisotopic (exact) mass is 301 g/mol. The number of rotatable bonds is 1. The van der Waals surface area contributed by atoms with Gasteiger partial charge in [-0.05, 0) is 25.1 Å². The second-order valence-electron chi connectivity index (χ2n) is 5.55. The molecule has 4 heteroatoms. The van der Waals surface area contributed by atoms with Gasteiger partial charge in [-0.15, -0.1) is 0 Å². The summed E-state index contributed by atoms with van der Waals surface area (Å²) in [4.78, 5) is 23.5. The van der Waals surface area contributed by atoms with Crippen LogP contribution < -0.4 is 4.90 Å². The number of benzene rings is 2. The molecule has 0 radical (unpaired) electrons. The summed E-state index contributed by atoms with van der Waals surface area (Å²) in [6, 6.07) is 17.6. The van der Waals surface area contributed by atoms with Gasteiger partial charge in [0.15, 0.2) is 0 Å². The highest BCUT2D eigenvalue weighted by Crippen LogP contribution is 2.38. The largest absolute Gasteiger partial charge is 0.280 e. The minimum atomic E-state index is 0.0230. The fourth-order valence-electron chi connectivity index (χ4n) is 2.96. The number of fused-ring (bicyclic) bond motifs is 3. The van der Waals surface area contributed by atoms with Gasteiger partial charge in [0, 0.05) is 23.0 Å². The van der Waals surface area contributed by atoms with Crippen LogP contribution in [0.25, 0.3) is 11.3 Å². The minimum Gasteiger partial charge on any atom is -0.280 e. The number of para-hydroxylation sites is 2. The molecule has 112 valence electrons. The van der Waals surface area contributed by atoms with Gasteiger partial charge in [-0.2, -0.15) is 0 Å². The number of hydrogen-bond donors (Lipinski definition) is 0. The summed E-state index contributed by atoms with van der Waals surface area (Å²) in [7, 11) is 0. The zero-order valence-corrected chi connectivity index (χ0v) is 12.7. The lowest BCUT2D eigenvalue weighted by molar-refractivity contribution is -0.117. The number of anilines is 2. The van der Waals surface area contributed by atoms with Crippen molar-refractivity contribution in [2.24, 2.45) is 0 Å². The molecule has 0 saturated carbocycles. The molecule has 2 aromatic carbocycles. The second-order valence-corrected chi connectivity index (χ2v) is 5.55. The predicted octanol–water partition coefficient (Wildman–Crippen LogP) is 3.67. The zero-order chi connectivity index (χ0) is 15.8. The van der Waals surface area contributed by atoms with Gasteiger partial charge in [-0.25, -0.2) is 9.97 Å². The Labute approximate surface area is 134 Å². The van der Waals surface area contributed by atoms with Gasteiger partial charge in [-0.3, -0.25) is 9.69 Å². The molecular formula is C19H15N3O. The van der Waals surface area contributed by atoms with Crippen LogP contribution in [0.2, 0.25) is 0 Å². The van der Waals surface area contributed by atoms with Gasteiger partial charge in [0.2, 0.25) is 5.91 Å². The third-order valence-corrected chi connectivity index (χ3v) is 3.99. The van der Waals surface area contributed by atoms with Crippen molar-refractivity contribution < 1.29 is 4.79 Å². The predicted molar refractivity (Wildman–Crippen MR) is 89.5 cm³/mol. The molecule has 1 aromatic heterocycles. The van der Waals surface area contributed by atoms with E-state index in [0.29, 0.717) is 12.2 Å². The van der Waals surface area contributed by atoms with Crippen molar-refractivity contribution in [3.8, 4) is 11.3 Å². The third kappa shape index (κ3) is 2.28. The van der Waals surface area contributed by atoms with Crippen LogP contribution in [0.5, 0.6) is 0 Å². The number of nitrogens with zero attached hydrogens (tertiary/aromatic N) is 3. The van der Waals surface area contributed by atoms with E-state index in [2.05, 4.69) is 9.97 Å². The molecule has 4 nitrogen and oxygen atoms in total. The lowest BCUT2D eigenvalue weighted by Crippen LogP contribution is -2.26. The maximum absolute atomic E-state index is 12.9. The van der Waals surface area contributed by atoms with Crippen LogP contribution in [0.15, 0.2) is 60.8 Å². The highest BCUT2D eigenvalue weighted by Gasteiger charge is 2.27. The molecule has 4 rings (SSSR count). The summed E-state index contributed by atoms with van der Waals surface area (Å²) in [5.41, 5.74) is 4.40. The summed E-state index contributed by atoms with van der Waals surface area (Å²) >= 11 is 0. The van der Waals surface area contributed by atoms with Gasteiger partial charge in [0.25, 0.3) is 0 Å². The number of carbonyl (C=O) groups is 1. The summed E-state index contributed by atoms with van der Waals surface area (Å²) in [5, 5.41) is 0. The topological polar surface area (TPSA) is 46.1 Å². The normalized spacial score (nSPS) is 13.3. The first-order valence-electron chi connectivity index (χ1n) is 7.54. The molecule has 0 saturated heterocycles. The Morgan fingerprint density at radius 3 is 2.57 bits per heavy atom. The fraction of sp³-hybridized carbons (Fsp3) is 0.105. The van der Waals surface area contributed by atoms with Crippen LogP contribution in [0.4, 0.5) is 11.4 Å². The summed E-state index contributed by atoms with van der Waals surface area (Å²) in [6.45, 7) is 1.87. The van der Waals surface area contributed by atoms with Crippen LogP contribution in [0.1, 0.15) is 11.4 Å². The molecule has 1 amide bonds. The minimum absolute atomic E-state index is 0.0230. The van der Waals surface area contributed by atoms with E-state index in [1.165, 1.54) is 0 Å². The number of aromatic nitrogens is 2. The number of amides is 1. The molecule has 0 spiro atoms. The molecule has 1 aliphatic heterocycles. The maximum atomic E-state index is 12.9. The van der Waals surface area contributed by atoms with E-state index in [-0.39, 0.29) is 5.91 Å². The number of carbonyl (C=O) groups excluding carboxylic acids is 1. The Bertz CT molecular complexity index is 890. The van der Waals surface area contributed by atoms with E-state index < -0.39 is 0 Å². The van der Waals surface area contributed by atoms with Crippen LogP contribution in [-0.4, -0.2) is 15.9 Å². The Kier molecular flexibility index (Phi) is 3.15. The molecule has 0 bridgehead atoms. The van der Waals surface area contributed by atoms with E-state index in [1.54, 1.807) is 11.1 Å². The first kappa shape index (κ1) is 13.6. The van der Waals surface area contributed by atoms with E-state index >= 15 is 0 Å². The van der Waals surface area contributed by atoms with Gasteiger partial charge in [-0.1, -0.05) is 36.4 Å². The molecule has 3 aromatic rings. The molecule has 2 heterocycles. The van der Waals surface area contributed by atoms with Gasteiger partial charge in [0.05, 0.1) is 17.8 Å². The van der Waals surface area contributed by atoms with E-state index in [4.69, 9.17) is 0 Å². The van der Waals surface area contributed by atoms with Gasteiger partial charge >= 0.3 is 0 Å². The zero-order valence-electron chi connectivity index (χ0n) is 12.7. The van der Waals surface area contributed by atoms with Crippen molar-refractivity contribution in [1.29, 1.82) is 0 Å². The van der Waals surface area contributed by atoms with Crippen LogP contribution in [-0.2, 0) is 11.2 Å². The first-order chi connectivity index (χ1) is 11.2. The molecule has 0 aliphatic carbocycles. The van der Waals surface area contributed by atoms with Crippen molar-refractivity contribution in [3.63, 3.8) is 0 Å². The van der Waals surface area contributed by atoms with Crippen molar-refractivity contribution in [3.05, 3.63) is 72.2 Å². The smallest absolute Gasteiger partial charge is 0.236 e. The second kappa shape index (κ2) is 5.32. The average molecular weight is 301 g/mol. The Balaban J connectivity index is 1.99. The highest BCUT2D eigenvalue weighted by atomic mass is 16.2. The Morgan fingerprint density at radius 1 is 1.00 bits per heavy atom. The SMILES string of the molecule is Cc1ncc2c(n1)-c1ccccc1N(c1ccccc1)C(=O)C2. The van der Waals surface area contributed by atoms with E-state index in [9.17, 15) is 4.79 Å². The molecular weight excluding hydrogens is 286 g/mol. The molecule has 0 N–H and O–H groups in total. The van der Waals surface area contributed by atoms with Crippen molar-refractivity contribution in [2.45, 2.75) is 13.3 Å². The first-order valence-corrected chi connectivity index (χ1v) is 7.54. The lowest BCUT2D eigenvalue weighted by atomic mass is 10.0. The summed E-state index contributed by atoms with van der Waals surface area (Å²) < 4.78 is 0. The number of hydrogen-bond acceptors (Lipinski definition) is 3. The maximum Gasteiger partial charge on any atom is 0.236 e. The summed E-state index contributed by atoms with van der Waals surface area (Å²) in [5.74, 6) is 0.731. The average Bonchev–Trinajstić information content (AvgIpc) is 2.69. The Hall–Kier alpha value is -3.01. The Morgan fingerprint density at radius 2 is 1.74 bits per heavy atom. The number of aryl methyl sites for hydroxylation is 1. The standard InChI is InChI=1S/C19H15N3O/c1-13-20-12-14-11-18(23)22(15-7-3-2-4-8-15)17-10-6-5-9-16(17)19(14)21-13/h2-10,12H,11H2,1H3. The van der Waals surface area contributed by atoms with Crippen molar-refractivity contribution in [1.82, 2.24) is 9.97 Å². The fourth-order valence-corrected chi connectivity index (χ4v) is 2.96. The van der Waals surface area contributed by atoms with Crippen LogP contribution in [0.3, 0.4) is 0 Å². The van der Waals surface area contributed by atoms with Gasteiger partial charge < -0.3 is 0 Å². The molecule has 23 heavy (non-hydrogen) atoms. The van der Waals surface area contributed by atoms with Crippen LogP contribution in [0, 0.1) is 6.92 Å². The molecule has 0 fully saturated rings. The lowest BCUT2D eigenvalue weighted by Gasteiger charge is -2.23. The highest BCUT2D eigenvalue weighted by molar-refractivity contribution is 6.07.